The van der Waals surface area contributed by atoms with E-state index in [9.17, 15) is 9.59 Å². The SMILES string of the molecule is CC1=CC(=O)[C@H]2C(=N1)NC(=O)[C@H]2C. The highest BCUT2D eigenvalue weighted by atomic mass is 16.2. The fourth-order valence-corrected chi connectivity index (χ4v) is 1.70. The number of hydrogen-bond donors (Lipinski definition) is 1. The standard InChI is InChI=1S/C9H10N2O2/c1-4-3-6(12)7-5(2)9(13)11-8(7)10-4/h3,5,7H,1-2H3,(H,10,11,13)/t5-,7-/m0/s1. The van der Waals surface area contributed by atoms with Crippen molar-refractivity contribution in [3.8, 4) is 0 Å². The average molecular weight is 178 g/mol. The highest BCUT2D eigenvalue weighted by molar-refractivity contribution is 6.21. The molecule has 2 atom stereocenters. The molecule has 0 aromatic carbocycles. The molecule has 2 aliphatic heterocycles. The van der Waals surface area contributed by atoms with Gasteiger partial charge in [-0.15, -0.1) is 0 Å². The van der Waals surface area contributed by atoms with E-state index in [0.29, 0.717) is 11.5 Å². The van der Waals surface area contributed by atoms with Gasteiger partial charge in [-0.1, -0.05) is 6.92 Å². The molecule has 1 N–H and O–H groups in total. The molecule has 0 aliphatic carbocycles. The van der Waals surface area contributed by atoms with Gasteiger partial charge in [0, 0.05) is 11.8 Å². The van der Waals surface area contributed by atoms with Crippen LogP contribution in [-0.4, -0.2) is 17.5 Å². The second-order valence-corrected chi connectivity index (χ2v) is 3.44. The summed E-state index contributed by atoms with van der Waals surface area (Å²) in [5.41, 5.74) is 0.658. The molecule has 0 bridgehead atoms. The van der Waals surface area contributed by atoms with E-state index < -0.39 is 0 Å². The van der Waals surface area contributed by atoms with Gasteiger partial charge < -0.3 is 5.32 Å². The monoisotopic (exact) mass is 178 g/mol. The van der Waals surface area contributed by atoms with E-state index in [0.717, 1.165) is 0 Å². The molecule has 0 unspecified atom stereocenters. The maximum absolute atomic E-state index is 11.5. The maximum Gasteiger partial charge on any atom is 0.229 e. The Morgan fingerprint density at radius 2 is 2.15 bits per heavy atom. The second kappa shape index (κ2) is 2.52. The van der Waals surface area contributed by atoms with Crippen LogP contribution in [0.3, 0.4) is 0 Å². The van der Waals surface area contributed by atoms with Gasteiger partial charge in [0.15, 0.2) is 5.78 Å². The minimum Gasteiger partial charge on any atom is -0.313 e. The largest absolute Gasteiger partial charge is 0.313 e. The molecule has 0 aromatic rings. The summed E-state index contributed by atoms with van der Waals surface area (Å²) in [7, 11) is 0. The van der Waals surface area contributed by atoms with E-state index in [1.807, 2.05) is 0 Å². The molecule has 0 saturated carbocycles. The Hall–Kier alpha value is -1.45. The summed E-state index contributed by atoms with van der Waals surface area (Å²) in [4.78, 5) is 26.8. The van der Waals surface area contributed by atoms with Crippen molar-refractivity contribution in [2.75, 3.05) is 0 Å². The number of aliphatic imine (C=N–C) groups is 1. The lowest BCUT2D eigenvalue weighted by Crippen LogP contribution is -2.29. The van der Waals surface area contributed by atoms with Crippen molar-refractivity contribution in [2.24, 2.45) is 16.8 Å². The molecule has 2 heterocycles. The molecular formula is C9H10N2O2. The first-order valence-electron chi connectivity index (χ1n) is 4.21. The Kier molecular flexibility index (Phi) is 1.58. The van der Waals surface area contributed by atoms with Crippen LogP contribution in [0.4, 0.5) is 0 Å². The fourth-order valence-electron chi connectivity index (χ4n) is 1.70. The number of amidine groups is 1. The summed E-state index contributed by atoms with van der Waals surface area (Å²) in [5.74, 6) is -0.261. The number of carbonyl (C=O) groups excluding carboxylic acids is 2. The number of carbonyl (C=O) groups is 2. The van der Waals surface area contributed by atoms with Crippen molar-refractivity contribution in [1.82, 2.24) is 5.32 Å². The van der Waals surface area contributed by atoms with Crippen LogP contribution in [0, 0.1) is 11.8 Å². The quantitative estimate of drug-likeness (QED) is 0.578. The van der Waals surface area contributed by atoms with Gasteiger partial charge in [-0.2, -0.15) is 0 Å². The Bertz CT molecular complexity index is 355. The van der Waals surface area contributed by atoms with Crippen LogP contribution in [0.25, 0.3) is 0 Å². The summed E-state index contributed by atoms with van der Waals surface area (Å²) in [6.45, 7) is 3.49. The molecular weight excluding hydrogens is 168 g/mol. The molecule has 0 aromatic heterocycles. The van der Waals surface area contributed by atoms with Crippen molar-refractivity contribution < 1.29 is 9.59 Å². The van der Waals surface area contributed by atoms with Crippen molar-refractivity contribution in [3.63, 3.8) is 0 Å². The molecule has 2 rings (SSSR count). The van der Waals surface area contributed by atoms with Crippen molar-refractivity contribution in [2.45, 2.75) is 13.8 Å². The van der Waals surface area contributed by atoms with E-state index in [2.05, 4.69) is 10.3 Å². The molecule has 1 saturated heterocycles. The summed E-state index contributed by atoms with van der Waals surface area (Å²) in [5, 5.41) is 2.62. The van der Waals surface area contributed by atoms with Gasteiger partial charge in [0.1, 0.15) is 5.84 Å². The van der Waals surface area contributed by atoms with Crippen molar-refractivity contribution >= 4 is 17.5 Å². The minimum atomic E-state index is -0.365. The number of allylic oxidation sites excluding steroid dienone is 2. The average Bonchev–Trinajstić information content (AvgIpc) is 2.27. The molecule has 0 radical (unpaired) electrons. The highest BCUT2D eigenvalue weighted by Gasteiger charge is 2.42. The number of fused-ring (bicyclic) bond motifs is 1. The smallest absolute Gasteiger partial charge is 0.229 e. The zero-order valence-electron chi connectivity index (χ0n) is 7.50. The van der Waals surface area contributed by atoms with Crippen LogP contribution in [0.2, 0.25) is 0 Å². The zero-order chi connectivity index (χ0) is 9.59. The van der Waals surface area contributed by atoms with Gasteiger partial charge in [0.05, 0.1) is 11.8 Å². The lowest BCUT2D eigenvalue weighted by atomic mass is 9.90. The molecule has 0 spiro atoms. The Labute approximate surface area is 75.7 Å². The summed E-state index contributed by atoms with van der Waals surface area (Å²) < 4.78 is 0. The van der Waals surface area contributed by atoms with E-state index in [1.165, 1.54) is 6.08 Å². The molecule has 68 valence electrons. The molecule has 4 nitrogen and oxygen atoms in total. The number of rotatable bonds is 0. The van der Waals surface area contributed by atoms with Gasteiger partial charge in [-0.05, 0) is 6.92 Å². The van der Waals surface area contributed by atoms with Gasteiger partial charge in [0.25, 0.3) is 0 Å². The second-order valence-electron chi connectivity index (χ2n) is 3.44. The van der Waals surface area contributed by atoms with Gasteiger partial charge in [0.2, 0.25) is 5.91 Å². The van der Waals surface area contributed by atoms with Crippen LogP contribution in [0.1, 0.15) is 13.8 Å². The maximum atomic E-state index is 11.5. The molecule has 1 amide bonds. The number of hydrogen-bond acceptors (Lipinski definition) is 3. The predicted octanol–water partition coefficient (Wildman–Crippen LogP) is 0.254. The number of nitrogens with one attached hydrogen (secondary N) is 1. The van der Waals surface area contributed by atoms with Gasteiger partial charge in [-0.3, -0.25) is 9.59 Å². The summed E-state index contributed by atoms with van der Waals surface area (Å²) in [6, 6.07) is 0. The first-order chi connectivity index (χ1) is 6.09. The zero-order valence-corrected chi connectivity index (χ0v) is 7.50. The van der Waals surface area contributed by atoms with E-state index in [4.69, 9.17) is 0 Å². The fraction of sp³-hybridized carbons (Fsp3) is 0.444. The van der Waals surface area contributed by atoms with E-state index in [-0.39, 0.29) is 23.5 Å². The first kappa shape index (κ1) is 8.16. The topological polar surface area (TPSA) is 58.5 Å². The normalized spacial score (nSPS) is 32.2. The number of ketones is 1. The third-order valence-corrected chi connectivity index (χ3v) is 2.41. The first-order valence-corrected chi connectivity index (χ1v) is 4.21. The predicted molar refractivity (Wildman–Crippen MR) is 47.0 cm³/mol. The molecule has 1 fully saturated rings. The van der Waals surface area contributed by atoms with Gasteiger partial charge in [-0.25, -0.2) is 4.99 Å². The number of amides is 1. The van der Waals surface area contributed by atoms with Crippen LogP contribution >= 0.6 is 0 Å². The van der Waals surface area contributed by atoms with Crippen molar-refractivity contribution in [3.05, 3.63) is 11.8 Å². The highest BCUT2D eigenvalue weighted by Crippen LogP contribution is 2.25. The van der Waals surface area contributed by atoms with Crippen LogP contribution < -0.4 is 5.32 Å². The van der Waals surface area contributed by atoms with Crippen LogP contribution in [-0.2, 0) is 9.59 Å². The molecule has 13 heavy (non-hydrogen) atoms. The lowest BCUT2D eigenvalue weighted by molar-refractivity contribution is -0.125. The third-order valence-electron chi connectivity index (χ3n) is 2.41. The van der Waals surface area contributed by atoms with Crippen LogP contribution in [0.15, 0.2) is 16.8 Å². The Morgan fingerprint density at radius 1 is 1.46 bits per heavy atom. The van der Waals surface area contributed by atoms with Crippen LogP contribution in [0.5, 0.6) is 0 Å². The summed E-state index contributed by atoms with van der Waals surface area (Å²) in [6.07, 6.45) is 1.49. The van der Waals surface area contributed by atoms with E-state index in [1.54, 1.807) is 13.8 Å². The molecule has 4 heteroatoms. The minimum absolute atomic E-state index is 0.0200. The Morgan fingerprint density at radius 3 is 2.85 bits per heavy atom. The Balaban J connectivity index is 2.42. The lowest BCUT2D eigenvalue weighted by Gasteiger charge is -2.13. The molecule has 2 aliphatic rings. The van der Waals surface area contributed by atoms with E-state index >= 15 is 0 Å². The summed E-state index contributed by atoms with van der Waals surface area (Å²) >= 11 is 0. The van der Waals surface area contributed by atoms with Crippen molar-refractivity contribution in [1.29, 1.82) is 0 Å². The number of nitrogens with zero attached hydrogens (tertiary/aromatic N) is 1. The van der Waals surface area contributed by atoms with Gasteiger partial charge >= 0.3 is 0 Å². The third kappa shape index (κ3) is 1.09.